The Kier molecular flexibility index (Phi) is 5.37. The lowest BCUT2D eigenvalue weighted by atomic mass is 10.0. The summed E-state index contributed by atoms with van der Waals surface area (Å²) in [7, 11) is 0. The van der Waals surface area contributed by atoms with Crippen LogP contribution in [0, 0.1) is 0 Å². The summed E-state index contributed by atoms with van der Waals surface area (Å²) in [5.41, 5.74) is 1.37. The topological polar surface area (TPSA) is 21.3 Å². The van der Waals surface area contributed by atoms with E-state index in [4.69, 9.17) is 4.74 Å². The van der Waals surface area contributed by atoms with Gasteiger partial charge in [-0.2, -0.15) is 0 Å². The van der Waals surface area contributed by atoms with Crippen LogP contribution < -0.4 is 5.32 Å². The van der Waals surface area contributed by atoms with Crippen molar-refractivity contribution in [2.45, 2.75) is 26.3 Å². The smallest absolute Gasteiger partial charge is 0.0622 e. The summed E-state index contributed by atoms with van der Waals surface area (Å²) in [5.74, 6) is 0. The van der Waals surface area contributed by atoms with Gasteiger partial charge in [-0.05, 0) is 36.2 Å². The highest BCUT2D eigenvalue weighted by Crippen LogP contribution is 2.16. The number of benzene rings is 2. The molecule has 102 valence electrons. The second-order valence-electron chi connectivity index (χ2n) is 4.80. The lowest BCUT2D eigenvalue weighted by Gasteiger charge is -2.18. The Balaban J connectivity index is 2.09. The summed E-state index contributed by atoms with van der Waals surface area (Å²) < 4.78 is 5.55. The molecule has 1 N–H and O–H groups in total. The van der Waals surface area contributed by atoms with Gasteiger partial charge in [0.25, 0.3) is 0 Å². The molecule has 0 amide bonds. The van der Waals surface area contributed by atoms with Gasteiger partial charge in [0.15, 0.2) is 0 Å². The Morgan fingerprint density at radius 1 is 1.05 bits per heavy atom. The first-order valence-electron chi connectivity index (χ1n) is 7.12. The molecule has 0 saturated carbocycles. The SMILES string of the molecule is CCNC(COCC)Cc1ccc2ccccc2c1. The third kappa shape index (κ3) is 4.05. The summed E-state index contributed by atoms with van der Waals surface area (Å²) in [5, 5.41) is 6.10. The minimum Gasteiger partial charge on any atom is -0.380 e. The molecule has 1 unspecified atom stereocenters. The van der Waals surface area contributed by atoms with Gasteiger partial charge in [0, 0.05) is 12.6 Å². The molecule has 19 heavy (non-hydrogen) atoms. The number of hydrogen-bond acceptors (Lipinski definition) is 2. The Morgan fingerprint density at radius 3 is 2.58 bits per heavy atom. The Labute approximate surface area is 115 Å². The first-order chi connectivity index (χ1) is 9.33. The van der Waals surface area contributed by atoms with E-state index < -0.39 is 0 Å². The maximum Gasteiger partial charge on any atom is 0.0622 e. The fourth-order valence-electron chi connectivity index (χ4n) is 2.39. The summed E-state index contributed by atoms with van der Waals surface area (Å²) in [6.07, 6.45) is 1.01. The van der Waals surface area contributed by atoms with Gasteiger partial charge in [0.1, 0.15) is 0 Å². The zero-order valence-corrected chi connectivity index (χ0v) is 11.9. The fraction of sp³-hybridized carbons (Fsp3) is 0.412. The average molecular weight is 257 g/mol. The molecule has 0 aromatic heterocycles. The van der Waals surface area contributed by atoms with Crippen molar-refractivity contribution in [3.8, 4) is 0 Å². The second-order valence-corrected chi connectivity index (χ2v) is 4.80. The van der Waals surface area contributed by atoms with Crippen LogP contribution in [0.4, 0.5) is 0 Å². The van der Waals surface area contributed by atoms with E-state index in [1.807, 2.05) is 6.92 Å². The van der Waals surface area contributed by atoms with Gasteiger partial charge in [-0.3, -0.25) is 0 Å². The molecule has 0 aliphatic carbocycles. The number of likely N-dealkylation sites (N-methyl/N-ethyl adjacent to an activating group) is 1. The number of fused-ring (bicyclic) bond motifs is 1. The van der Waals surface area contributed by atoms with Crippen LogP contribution >= 0.6 is 0 Å². The highest BCUT2D eigenvalue weighted by atomic mass is 16.5. The molecule has 0 heterocycles. The van der Waals surface area contributed by atoms with Gasteiger partial charge in [-0.25, -0.2) is 0 Å². The highest BCUT2D eigenvalue weighted by Gasteiger charge is 2.08. The Bertz CT molecular complexity index is 509. The zero-order valence-electron chi connectivity index (χ0n) is 11.9. The molecular formula is C17H23NO. The van der Waals surface area contributed by atoms with Crippen LogP contribution in [0.3, 0.4) is 0 Å². The first-order valence-corrected chi connectivity index (χ1v) is 7.12. The summed E-state index contributed by atoms with van der Waals surface area (Å²) in [6, 6.07) is 15.6. The molecule has 0 bridgehead atoms. The van der Waals surface area contributed by atoms with Gasteiger partial charge in [0.05, 0.1) is 6.61 Å². The van der Waals surface area contributed by atoms with Crippen molar-refractivity contribution in [3.05, 3.63) is 48.0 Å². The molecule has 0 aliphatic heterocycles. The zero-order chi connectivity index (χ0) is 13.5. The van der Waals surface area contributed by atoms with Crippen molar-refractivity contribution < 1.29 is 4.74 Å². The molecule has 2 aromatic carbocycles. The normalized spacial score (nSPS) is 12.7. The van der Waals surface area contributed by atoms with Gasteiger partial charge in [-0.1, -0.05) is 49.4 Å². The van der Waals surface area contributed by atoms with Crippen molar-refractivity contribution in [3.63, 3.8) is 0 Å². The minimum atomic E-state index is 0.395. The van der Waals surface area contributed by atoms with Gasteiger partial charge in [-0.15, -0.1) is 0 Å². The van der Waals surface area contributed by atoms with Crippen LogP contribution in [-0.4, -0.2) is 25.8 Å². The molecule has 0 radical (unpaired) electrons. The first kappa shape index (κ1) is 14.0. The van der Waals surface area contributed by atoms with E-state index in [1.54, 1.807) is 0 Å². The molecule has 0 saturated heterocycles. The summed E-state index contributed by atoms with van der Waals surface area (Å²) in [6.45, 7) is 6.71. The van der Waals surface area contributed by atoms with Crippen LogP contribution in [-0.2, 0) is 11.2 Å². The van der Waals surface area contributed by atoms with Crippen molar-refractivity contribution >= 4 is 10.8 Å². The maximum absolute atomic E-state index is 5.55. The molecular weight excluding hydrogens is 234 g/mol. The molecule has 0 aliphatic rings. The molecule has 2 nitrogen and oxygen atoms in total. The highest BCUT2D eigenvalue weighted by molar-refractivity contribution is 5.82. The monoisotopic (exact) mass is 257 g/mol. The minimum absolute atomic E-state index is 0.395. The predicted molar refractivity (Wildman–Crippen MR) is 81.6 cm³/mol. The van der Waals surface area contributed by atoms with Crippen LogP contribution in [0.15, 0.2) is 42.5 Å². The number of nitrogens with one attached hydrogen (secondary N) is 1. The van der Waals surface area contributed by atoms with E-state index in [9.17, 15) is 0 Å². The van der Waals surface area contributed by atoms with Crippen LogP contribution in [0.2, 0.25) is 0 Å². The van der Waals surface area contributed by atoms with Crippen molar-refractivity contribution in [2.24, 2.45) is 0 Å². The van der Waals surface area contributed by atoms with E-state index in [2.05, 4.69) is 54.7 Å². The second kappa shape index (κ2) is 7.27. The molecule has 0 spiro atoms. The largest absolute Gasteiger partial charge is 0.380 e. The van der Waals surface area contributed by atoms with E-state index >= 15 is 0 Å². The van der Waals surface area contributed by atoms with Crippen molar-refractivity contribution in [1.82, 2.24) is 5.32 Å². The molecule has 2 aromatic rings. The van der Waals surface area contributed by atoms with E-state index in [0.717, 1.165) is 26.2 Å². The third-order valence-electron chi connectivity index (χ3n) is 3.31. The Hall–Kier alpha value is -1.38. The summed E-state index contributed by atoms with van der Waals surface area (Å²) in [4.78, 5) is 0. The molecule has 2 heteroatoms. The number of rotatable bonds is 7. The maximum atomic E-state index is 5.55. The lowest BCUT2D eigenvalue weighted by molar-refractivity contribution is 0.123. The number of ether oxygens (including phenoxy) is 1. The van der Waals surface area contributed by atoms with Crippen molar-refractivity contribution in [1.29, 1.82) is 0 Å². The van der Waals surface area contributed by atoms with Crippen LogP contribution in [0.1, 0.15) is 19.4 Å². The molecule has 2 rings (SSSR count). The summed E-state index contributed by atoms with van der Waals surface area (Å²) >= 11 is 0. The van der Waals surface area contributed by atoms with E-state index in [1.165, 1.54) is 16.3 Å². The van der Waals surface area contributed by atoms with Gasteiger partial charge in [0.2, 0.25) is 0 Å². The van der Waals surface area contributed by atoms with Crippen LogP contribution in [0.5, 0.6) is 0 Å². The Morgan fingerprint density at radius 2 is 1.84 bits per heavy atom. The van der Waals surface area contributed by atoms with Crippen LogP contribution in [0.25, 0.3) is 10.8 Å². The van der Waals surface area contributed by atoms with Gasteiger partial charge >= 0.3 is 0 Å². The predicted octanol–water partition coefficient (Wildman–Crippen LogP) is 3.40. The quantitative estimate of drug-likeness (QED) is 0.821. The standard InChI is InChI=1S/C17H23NO/c1-3-18-17(13-19-4-2)12-14-9-10-15-7-5-6-8-16(15)11-14/h5-11,17-18H,3-4,12-13H2,1-2H3. The van der Waals surface area contributed by atoms with E-state index in [0.29, 0.717) is 6.04 Å². The molecule has 1 atom stereocenters. The average Bonchev–Trinajstić information content (AvgIpc) is 2.45. The lowest BCUT2D eigenvalue weighted by Crippen LogP contribution is -2.35. The van der Waals surface area contributed by atoms with Gasteiger partial charge < -0.3 is 10.1 Å². The molecule has 0 fully saturated rings. The van der Waals surface area contributed by atoms with Crippen molar-refractivity contribution in [2.75, 3.05) is 19.8 Å². The fourth-order valence-corrected chi connectivity index (χ4v) is 2.39. The van der Waals surface area contributed by atoms with E-state index in [-0.39, 0.29) is 0 Å². The number of hydrogen-bond donors (Lipinski definition) is 1. The third-order valence-corrected chi connectivity index (χ3v) is 3.31.